The van der Waals surface area contributed by atoms with E-state index in [1.165, 1.54) is 11.1 Å². The highest BCUT2D eigenvalue weighted by Crippen LogP contribution is 2.35. The Morgan fingerprint density at radius 2 is 1.57 bits per heavy atom. The predicted octanol–water partition coefficient (Wildman–Crippen LogP) is 6.40. The van der Waals surface area contributed by atoms with Crippen LogP contribution in [0.25, 0.3) is 11.1 Å². The minimum Gasteiger partial charge on any atom is -0.206 e. The second-order valence-electron chi connectivity index (χ2n) is 5.76. The van der Waals surface area contributed by atoms with Gasteiger partial charge in [-0.25, -0.2) is 4.39 Å². The van der Waals surface area contributed by atoms with Crippen molar-refractivity contribution in [2.24, 2.45) is 0 Å². The fraction of sp³-hybridized carbons (Fsp3) is 0.143. The molecule has 0 spiro atoms. The quantitative estimate of drug-likeness (QED) is 0.501. The number of aryl methyl sites for hydroxylation is 2. The molecule has 23 heavy (non-hydrogen) atoms. The van der Waals surface area contributed by atoms with Gasteiger partial charge in [-0.1, -0.05) is 59.7 Å². The van der Waals surface area contributed by atoms with Crippen LogP contribution >= 0.6 is 11.8 Å². The summed E-state index contributed by atoms with van der Waals surface area (Å²) < 4.78 is 14.2. The lowest BCUT2D eigenvalue weighted by molar-refractivity contribution is 0.630. The fourth-order valence-corrected chi connectivity index (χ4v) is 3.63. The Bertz CT molecular complexity index is 824. The van der Waals surface area contributed by atoms with Gasteiger partial charge in [0.25, 0.3) is 0 Å². The number of benzene rings is 3. The monoisotopic (exact) mass is 322 g/mol. The highest BCUT2D eigenvalue weighted by atomic mass is 32.2. The third-order valence-electron chi connectivity index (χ3n) is 3.78. The zero-order valence-electron chi connectivity index (χ0n) is 13.3. The van der Waals surface area contributed by atoms with Gasteiger partial charge in [0.1, 0.15) is 5.82 Å². The Morgan fingerprint density at radius 1 is 0.783 bits per heavy atom. The Hall–Kier alpha value is -2.06. The van der Waals surface area contributed by atoms with Crippen molar-refractivity contribution in [3.8, 4) is 11.1 Å². The number of hydrogen-bond acceptors (Lipinski definition) is 1. The van der Waals surface area contributed by atoms with Crippen LogP contribution in [0.2, 0.25) is 0 Å². The van der Waals surface area contributed by atoms with Crippen LogP contribution in [0.4, 0.5) is 4.39 Å². The molecule has 0 saturated heterocycles. The average molecular weight is 322 g/mol. The Morgan fingerprint density at radius 3 is 2.39 bits per heavy atom. The first kappa shape index (κ1) is 15.8. The van der Waals surface area contributed by atoms with Crippen molar-refractivity contribution in [2.75, 3.05) is 0 Å². The molecule has 0 atom stereocenters. The van der Waals surface area contributed by atoms with Crippen LogP contribution in [0.1, 0.15) is 16.7 Å². The van der Waals surface area contributed by atoms with Gasteiger partial charge in [0.15, 0.2) is 0 Å². The molecule has 0 nitrogen and oxygen atoms in total. The molecule has 0 aliphatic heterocycles. The molecule has 0 fully saturated rings. The summed E-state index contributed by atoms with van der Waals surface area (Å²) in [6, 6.07) is 21.8. The van der Waals surface area contributed by atoms with Crippen LogP contribution in [0.3, 0.4) is 0 Å². The van der Waals surface area contributed by atoms with Gasteiger partial charge >= 0.3 is 0 Å². The summed E-state index contributed by atoms with van der Waals surface area (Å²) in [5.74, 6) is 0.714. The maximum absolute atomic E-state index is 14.2. The Kier molecular flexibility index (Phi) is 4.82. The largest absolute Gasteiger partial charge is 0.206 e. The summed E-state index contributed by atoms with van der Waals surface area (Å²) >= 11 is 1.75. The molecule has 2 heteroatoms. The number of halogens is 1. The van der Waals surface area contributed by atoms with Crippen molar-refractivity contribution >= 4 is 11.8 Å². The molecule has 0 saturated carbocycles. The molecule has 0 amide bonds. The van der Waals surface area contributed by atoms with E-state index in [2.05, 4.69) is 37.3 Å². The molecular formula is C21H19FS. The lowest BCUT2D eigenvalue weighted by atomic mass is 10.0. The van der Waals surface area contributed by atoms with E-state index in [1.807, 2.05) is 31.2 Å². The van der Waals surface area contributed by atoms with Crippen molar-refractivity contribution < 1.29 is 4.39 Å². The van der Waals surface area contributed by atoms with Crippen molar-refractivity contribution in [2.45, 2.75) is 24.5 Å². The molecule has 0 N–H and O–H groups in total. The molecule has 0 aromatic heterocycles. The van der Waals surface area contributed by atoms with Gasteiger partial charge in [0, 0.05) is 16.2 Å². The molecule has 0 bridgehead atoms. The third-order valence-corrected chi connectivity index (χ3v) is 4.92. The van der Waals surface area contributed by atoms with E-state index >= 15 is 0 Å². The first-order valence-corrected chi connectivity index (χ1v) is 8.66. The van der Waals surface area contributed by atoms with Crippen molar-refractivity contribution in [3.05, 3.63) is 89.2 Å². The van der Waals surface area contributed by atoms with Crippen LogP contribution in [0.15, 0.2) is 71.6 Å². The van der Waals surface area contributed by atoms with Crippen LogP contribution in [0.5, 0.6) is 0 Å². The number of thioether (sulfide) groups is 1. The second kappa shape index (κ2) is 7.01. The smallest absolute Gasteiger partial charge is 0.131 e. The predicted molar refractivity (Wildman–Crippen MR) is 97.3 cm³/mol. The standard InChI is InChI=1S/C21H19FS/c1-15-6-5-7-17(12-15)14-23-21-9-4-3-8-18(21)19-13-16(2)10-11-20(19)22/h3-13H,14H2,1-2H3. The Labute approximate surface area is 141 Å². The first-order valence-electron chi connectivity index (χ1n) is 7.67. The fourth-order valence-electron chi connectivity index (χ4n) is 2.62. The van der Waals surface area contributed by atoms with Crippen molar-refractivity contribution in [3.63, 3.8) is 0 Å². The lowest BCUT2D eigenvalue weighted by Crippen LogP contribution is -1.89. The summed E-state index contributed by atoms with van der Waals surface area (Å²) in [6.07, 6.45) is 0. The van der Waals surface area contributed by atoms with Crippen LogP contribution in [-0.4, -0.2) is 0 Å². The van der Waals surface area contributed by atoms with Gasteiger partial charge in [-0.2, -0.15) is 0 Å². The van der Waals surface area contributed by atoms with Gasteiger partial charge in [-0.3, -0.25) is 0 Å². The molecule has 3 aromatic carbocycles. The molecule has 0 unspecified atom stereocenters. The van der Waals surface area contributed by atoms with E-state index in [1.54, 1.807) is 23.9 Å². The molecule has 0 heterocycles. The van der Waals surface area contributed by atoms with Gasteiger partial charge in [-0.05, 0) is 43.2 Å². The summed E-state index contributed by atoms with van der Waals surface area (Å²) in [5.41, 5.74) is 5.26. The zero-order chi connectivity index (χ0) is 16.2. The summed E-state index contributed by atoms with van der Waals surface area (Å²) in [5, 5.41) is 0. The van der Waals surface area contributed by atoms with Crippen LogP contribution in [0, 0.1) is 19.7 Å². The maximum Gasteiger partial charge on any atom is 0.131 e. The van der Waals surface area contributed by atoms with Crippen LogP contribution in [-0.2, 0) is 5.75 Å². The summed E-state index contributed by atoms with van der Waals surface area (Å²) in [4.78, 5) is 1.11. The highest BCUT2D eigenvalue weighted by molar-refractivity contribution is 7.98. The van der Waals surface area contributed by atoms with Gasteiger partial charge < -0.3 is 0 Å². The van der Waals surface area contributed by atoms with E-state index in [0.29, 0.717) is 5.56 Å². The van der Waals surface area contributed by atoms with E-state index in [0.717, 1.165) is 21.8 Å². The molecular weight excluding hydrogens is 303 g/mol. The summed E-state index contributed by atoms with van der Waals surface area (Å²) in [7, 11) is 0. The molecule has 3 rings (SSSR count). The van der Waals surface area contributed by atoms with Crippen LogP contribution < -0.4 is 0 Å². The average Bonchev–Trinajstić information content (AvgIpc) is 2.56. The molecule has 3 aromatic rings. The SMILES string of the molecule is Cc1cccc(CSc2ccccc2-c2cc(C)ccc2F)c1. The number of rotatable bonds is 4. The third kappa shape index (κ3) is 3.83. The lowest BCUT2D eigenvalue weighted by Gasteiger charge is -2.11. The number of hydrogen-bond donors (Lipinski definition) is 0. The second-order valence-corrected chi connectivity index (χ2v) is 6.77. The van der Waals surface area contributed by atoms with Gasteiger partial charge in [0.05, 0.1) is 0 Å². The minimum absolute atomic E-state index is 0.167. The summed E-state index contributed by atoms with van der Waals surface area (Å²) in [6.45, 7) is 4.09. The molecule has 0 aliphatic carbocycles. The molecule has 0 radical (unpaired) electrons. The zero-order valence-corrected chi connectivity index (χ0v) is 14.2. The Balaban J connectivity index is 1.90. The maximum atomic E-state index is 14.2. The van der Waals surface area contributed by atoms with E-state index < -0.39 is 0 Å². The van der Waals surface area contributed by atoms with Gasteiger partial charge in [0.2, 0.25) is 0 Å². The van der Waals surface area contributed by atoms with Crippen molar-refractivity contribution in [1.29, 1.82) is 0 Å². The normalized spacial score (nSPS) is 10.7. The minimum atomic E-state index is -0.167. The van der Waals surface area contributed by atoms with Gasteiger partial charge in [-0.15, -0.1) is 11.8 Å². The molecule has 0 aliphatic rings. The van der Waals surface area contributed by atoms with E-state index in [4.69, 9.17) is 0 Å². The van der Waals surface area contributed by atoms with E-state index in [9.17, 15) is 4.39 Å². The van der Waals surface area contributed by atoms with Crippen molar-refractivity contribution in [1.82, 2.24) is 0 Å². The highest BCUT2D eigenvalue weighted by Gasteiger charge is 2.10. The first-order chi connectivity index (χ1) is 11.1. The topological polar surface area (TPSA) is 0 Å². The molecule has 116 valence electrons. The van der Waals surface area contributed by atoms with E-state index in [-0.39, 0.29) is 5.82 Å².